The van der Waals surface area contributed by atoms with Crippen molar-refractivity contribution in [2.45, 2.75) is 13.5 Å². The van der Waals surface area contributed by atoms with E-state index < -0.39 is 5.91 Å². The Morgan fingerprint density at radius 1 is 1.14 bits per heavy atom. The molecule has 1 aliphatic rings. The first kappa shape index (κ1) is 23.3. The molecule has 1 fully saturated rings. The molecule has 0 spiro atoms. The van der Waals surface area contributed by atoms with Gasteiger partial charge < -0.3 is 20.9 Å². The molecular weight excluding hydrogens is 501 g/mol. The molecule has 0 radical (unpaired) electrons. The van der Waals surface area contributed by atoms with Crippen LogP contribution < -0.4 is 16.0 Å². The molecule has 1 amide bonds. The third-order valence-electron chi connectivity index (χ3n) is 4.73. The number of hydrogen-bond acceptors (Lipinski definition) is 3. The number of guanidine groups is 1. The summed E-state index contributed by atoms with van der Waals surface area (Å²) in [6.45, 7) is 6.83. The molecule has 29 heavy (non-hydrogen) atoms. The second kappa shape index (κ2) is 11.3. The van der Waals surface area contributed by atoms with E-state index in [-0.39, 0.29) is 24.0 Å². The first-order valence-electron chi connectivity index (χ1n) is 9.50. The van der Waals surface area contributed by atoms with Crippen molar-refractivity contribution >= 4 is 53.1 Å². The van der Waals surface area contributed by atoms with Gasteiger partial charge in [0.2, 0.25) is 5.91 Å². The summed E-state index contributed by atoms with van der Waals surface area (Å²) in [5, 5.41) is 4.15. The Labute approximate surface area is 194 Å². The lowest BCUT2D eigenvalue weighted by Crippen LogP contribution is -2.52. The Bertz CT molecular complexity index is 852. The SMILES string of the molecule is CCNC(=NCc1cccc(C(N)=O)c1)N1CCN(c2ccccc2Cl)CC1.I. The van der Waals surface area contributed by atoms with Gasteiger partial charge in [-0.2, -0.15) is 0 Å². The number of piperazine rings is 1. The number of rotatable bonds is 5. The summed E-state index contributed by atoms with van der Waals surface area (Å²) in [6.07, 6.45) is 0. The minimum atomic E-state index is -0.423. The fraction of sp³-hybridized carbons (Fsp3) is 0.333. The molecular formula is C21H27ClIN5O. The minimum Gasteiger partial charge on any atom is -0.367 e. The van der Waals surface area contributed by atoms with Gasteiger partial charge in [-0.05, 0) is 36.8 Å². The summed E-state index contributed by atoms with van der Waals surface area (Å²) in [4.78, 5) is 20.7. The number of para-hydroxylation sites is 1. The van der Waals surface area contributed by atoms with Crippen LogP contribution in [0.3, 0.4) is 0 Å². The number of nitrogens with zero attached hydrogens (tertiary/aromatic N) is 3. The number of anilines is 1. The normalized spacial score (nSPS) is 14.3. The van der Waals surface area contributed by atoms with Gasteiger partial charge in [-0.25, -0.2) is 4.99 Å². The molecule has 3 N–H and O–H groups in total. The third-order valence-corrected chi connectivity index (χ3v) is 5.05. The minimum absolute atomic E-state index is 0. The molecule has 0 unspecified atom stereocenters. The highest BCUT2D eigenvalue weighted by Gasteiger charge is 2.21. The van der Waals surface area contributed by atoms with Crippen molar-refractivity contribution in [2.75, 3.05) is 37.6 Å². The number of halogens is 2. The van der Waals surface area contributed by atoms with E-state index in [4.69, 9.17) is 22.3 Å². The number of nitrogens with two attached hydrogens (primary N) is 1. The average Bonchev–Trinajstić information content (AvgIpc) is 2.72. The summed E-state index contributed by atoms with van der Waals surface area (Å²) >= 11 is 6.33. The maximum absolute atomic E-state index is 11.4. The first-order chi connectivity index (χ1) is 13.6. The molecule has 0 aliphatic carbocycles. The lowest BCUT2D eigenvalue weighted by molar-refractivity contribution is 0.1000. The van der Waals surface area contributed by atoms with Crippen molar-refractivity contribution in [3.8, 4) is 0 Å². The third kappa shape index (κ3) is 6.24. The Morgan fingerprint density at radius 2 is 1.86 bits per heavy atom. The monoisotopic (exact) mass is 527 g/mol. The number of carbonyl (C=O) groups is 1. The summed E-state index contributed by atoms with van der Waals surface area (Å²) in [6, 6.07) is 15.2. The van der Waals surface area contributed by atoms with Crippen molar-refractivity contribution in [3.63, 3.8) is 0 Å². The summed E-state index contributed by atoms with van der Waals surface area (Å²) in [7, 11) is 0. The highest BCUT2D eigenvalue weighted by molar-refractivity contribution is 14.0. The number of aliphatic imine (C=N–C) groups is 1. The van der Waals surface area contributed by atoms with Gasteiger partial charge in [-0.15, -0.1) is 24.0 Å². The molecule has 0 saturated carbocycles. The highest BCUT2D eigenvalue weighted by atomic mass is 127. The van der Waals surface area contributed by atoms with Gasteiger partial charge in [0, 0.05) is 38.3 Å². The number of carbonyl (C=O) groups excluding carboxylic acids is 1. The van der Waals surface area contributed by atoms with E-state index in [2.05, 4.69) is 28.1 Å². The van der Waals surface area contributed by atoms with Gasteiger partial charge >= 0.3 is 0 Å². The van der Waals surface area contributed by atoms with Crippen LogP contribution in [0, 0.1) is 0 Å². The van der Waals surface area contributed by atoms with E-state index in [9.17, 15) is 4.79 Å². The molecule has 0 atom stereocenters. The van der Waals surface area contributed by atoms with E-state index in [0.717, 1.165) is 55.0 Å². The molecule has 2 aromatic rings. The first-order valence-corrected chi connectivity index (χ1v) is 9.87. The van der Waals surface area contributed by atoms with Crippen LogP contribution in [-0.4, -0.2) is 49.5 Å². The van der Waals surface area contributed by atoms with Gasteiger partial charge in [0.1, 0.15) is 0 Å². The number of amides is 1. The van der Waals surface area contributed by atoms with Gasteiger partial charge in [-0.3, -0.25) is 4.79 Å². The van der Waals surface area contributed by atoms with Crippen LogP contribution in [0.1, 0.15) is 22.8 Å². The lowest BCUT2D eigenvalue weighted by Gasteiger charge is -2.38. The molecule has 0 bridgehead atoms. The molecule has 1 heterocycles. The Balaban J connectivity index is 0.00000300. The van der Waals surface area contributed by atoms with Crippen LogP contribution in [0.5, 0.6) is 0 Å². The van der Waals surface area contributed by atoms with Gasteiger partial charge in [-0.1, -0.05) is 35.9 Å². The highest BCUT2D eigenvalue weighted by Crippen LogP contribution is 2.26. The molecule has 0 aromatic heterocycles. The second-order valence-electron chi connectivity index (χ2n) is 6.66. The Kier molecular flexibility index (Phi) is 9.03. The maximum atomic E-state index is 11.4. The number of hydrogen-bond donors (Lipinski definition) is 2. The zero-order chi connectivity index (χ0) is 19.9. The standard InChI is InChI=1S/C21H26ClN5O.HI/c1-2-24-21(25-15-16-6-5-7-17(14-16)20(23)28)27-12-10-26(11-13-27)19-9-4-3-8-18(19)22;/h3-9,14H,2,10-13,15H2,1H3,(H2,23,28)(H,24,25);1H. The van der Waals surface area contributed by atoms with Crippen molar-refractivity contribution in [1.29, 1.82) is 0 Å². The maximum Gasteiger partial charge on any atom is 0.248 e. The Morgan fingerprint density at radius 3 is 2.52 bits per heavy atom. The summed E-state index contributed by atoms with van der Waals surface area (Å²) in [5.41, 5.74) is 7.91. The fourth-order valence-corrected chi connectivity index (χ4v) is 3.54. The van der Waals surface area contributed by atoms with Crippen LogP contribution >= 0.6 is 35.6 Å². The summed E-state index contributed by atoms with van der Waals surface area (Å²) in [5.74, 6) is 0.458. The van der Waals surface area contributed by atoms with Gasteiger partial charge in [0.15, 0.2) is 5.96 Å². The van der Waals surface area contributed by atoms with E-state index >= 15 is 0 Å². The molecule has 6 nitrogen and oxygen atoms in total. The van der Waals surface area contributed by atoms with Crippen LogP contribution in [0.15, 0.2) is 53.5 Å². The molecule has 1 aliphatic heterocycles. The van der Waals surface area contributed by atoms with E-state index in [1.54, 1.807) is 12.1 Å². The predicted molar refractivity (Wildman–Crippen MR) is 130 cm³/mol. The molecule has 2 aromatic carbocycles. The number of nitrogens with one attached hydrogen (secondary N) is 1. The second-order valence-corrected chi connectivity index (χ2v) is 7.07. The Hall–Kier alpha value is -2.00. The predicted octanol–water partition coefficient (Wildman–Crippen LogP) is 3.34. The van der Waals surface area contributed by atoms with Gasteiger partial charge in [0.25, 0.3) is 0 Å². The van der Waals surface area contributed by atoms with Crippen LogP contribution in [0.4, 0.5) is 5.69 Å². The van der Waals surface area contributed by atoms with Crippen molar-refractivity contribution < 1.29 is 4.79 Å². The lowest BCUT2D eigenvalue weighted by atomic mass is 10.1. The summed E-state index contributed by atoms with van der Waals surface area (Å²) < 4.78 is 0. The van der Waals surface area contributed by atoms with Crippen molar-refractivity contribution in [1.82, 2.24) is 10.2 Å². The largest absolute Gasteiger partial charge is 0.367 e. The zero-order valence-corrected chi connectivity index (χ0v) is 19.6. The zero-order valence-electron chi connectivity index (χ0n) is 16.5. The number of benzene rings is 2. The molecule has 1 saturated heterocycles. The van der Waals surface area contributed by atoms with E-state index in [0.29, 0.717) is 12.1 Å². The molecule has 8 heteroatoms. The average molecular weight is 528 g/mol. The van der Waals surface area contributed by atoms with Crippen molar-refractivity contribution in [3.05, 3.63) is 64.7 Å². The fourth-order valence-electron chi connectivity index (χ4n) is 3.28. The van der Waals surface area contributed by atoms with Crippen LogP contribution in [-0.2, 0) is 6.54 Å². The smallest absolute Gasteiger partial charge is 0.248 e. The molecule has 156 valence electrons. The quantitative estimate of drug-likeness (QED) is 0.355. The topological polar surface area (TPSA) is 74.0 Å². The van der Waals surface area contributed by atoms with E-state index in [1.807, 2.05) is 30.3 Å². The van der Waals surface area contributed by atoms with Crippen LogP contribution in [0.25, 0.3) is 0 Å². The van der Waals surface area contributed by atoms with E-state index in [1.165, 1.54) is 0 Å². The van der Waals surface area contributed by atoms with Crippen molar-refractivity contribution in [2.24, 2.45) is 10.7 Å². The molecule has 3 rings (SSSR count). The van der Waals surface area contributed by atoms with Gasteiger partial charge in [0.05, 0.1) is 17.3 Å². The van der Waals surface area contributed by atoms with Crippen LogP contribution in [0.2, 0.25) is 5.02 Å². The number of primary amides is 1.